The number of ether oxygens (including phenoxy) is 1. The van der Waals surface area contributed by atoms with Gasteiger partial charge in [0.25, 0.3) is 11.6 Å². The first-order valence-corrected chi connectivity index (χ1v) is 7.83. The molecule has 0 spiro atoms. The van der Waals surface area contributed by atoms with Gasteiger partial charge in [-0.05, 0) is 36.6 Å². The van der Waals surface area contributed by atoms with Crippen LogP contribution in [0, 0.1) is 10.1 Å². The van der Waals surface area contributed by atoms with Crippen LogP contribution in [0.25, 0.3) is 0 Å². The van der Waals surface area contributed by atoms with Crippen LogP contribution in [0.15, 0.2) is 42.5 Å². The van der Waals surface area contributed by atoms with E-state index in [0.29, 0.717) is 13.0 Å². The minimum Gasteiger partial charge on any atom is -0.493 e. The van der Waals surface area contributed by atoms with E-state index in [1.807, 2.05) is 19.1 Å². The topological polar surface area (TPSA) is 81.5 Å². The second-order valence-corrected chi connectivity index (χ2v) is 5.89. The minimum absolute atomic E-state index is 0.0803. The van der Waals surface area contributed by atoms with Crippen molar-refractivity contribution in [1.82, 2.24) is 5.32 Å². The summed E-state index contributed by atoms with van der Waals surface area (Å²) in [6.45, 7) is 2.60. The molecule has 1 N–H and O–H groups in total. The molecule has 0 aromatic heterocycles. The maximum absolute atomic E-state index is 12.3. The van der Waals surface area contributed by atoms with Gasteiger partial charge in [0.1, 0.15) is 11.3 Å². The van der Waals surface area contributed by atoms with Crippen molar-refractivity contribution in [2.24, 2.45) is 0 Å². The first kappa shape index (κ1) is 16.0. The summed E-state index contributed by atoms with van der Waals surface area (Å²) in [7, 11) is 0. The van der Waals surface area contributed by atoms with E-state index in [4.69, 9.17) is 4.74 Å². The van der Waals surface area contributed by atoms with Crippen molar-refractivity contribution in [2.45, 2.75) is 25.8 Å². The molecule has 0 saturated carbocycles. The number of nitrogens with zero attached hydrogens (tertiary/aromatic N) is 1. The molecule has 1 heterocycles. The van der Waals surface area contributed by atoms with Crippen LogP contribution in [0.4, 0.5) is 5.69 Å². The number of benzene rings is 2. The molecule has 1 aliphatic heterocycles. The fourth-order valence-electron chi connectivity index (χ4n) is 2.90. The maximum Gasteiger partial charge on any atom is 0.282 e. The molecule has 0 bridgehead atoms. The number of para-hydroxylation sites is 1. The molecule has 6 heteroatoms. The van der Waals surface area contributed by atoms with E-state index < -0.39 is 10.8 Å². The van der Waals surface area contributed by atoms with Crippen LogP contribution < -0.4 is 10.1 Å². The summed E-state index contributed by atoms with van der Waals surface area (Å²) in [5.74, 6) is 0.495. The molecular formula is C18H18N2O4. The van der Waals surface area contributed by atoms with E-state index in [9.17, 15) is 14.9 Å². The highest BCUT2D eigenvalue weighted by Crippen LogP contribution is 2.26. The number of fused-ring (bicyclic) bond motifs is 1. The molecule has 0 radical (unpaired) electrons. The van der Waals surface area contributed by atoms with Crippen molar-refractivity contribution in [2.75, 3.05) is 6.61 Å². The Kier molecular flexibility index (Phi) is 4.46. The van der Waals surface area contributed by atoms with Gasteiger partial charge in [-0.25, -0.2) is 0 Å². The normalized spacial score (nSPS) is 13.7. The number of nitro groups is 1. The van der Waals surface area contributed by atoms with Crippen molar-refractivity contribution >= 4 is 11.6 Å². The highest BCUT2D eigenvalue weighted by atomic mass is 16.6. The average Bonchev–Trinajstić information content (AvgIpc) is 3.02. The molecule has 0 fully saturated rings. The minimum atomic E-state index is -0.542. The summed E-state index contributed by atoms with van der Waals surface area (Å²) in [4.78, 5) is 22.8. The SMILES string of the molecule is CC(Cc1ccc2c(c1)CCO2)NC(=O)c1ccccc1[N+](=O)[O-]. The number of amides is 1. The lowest BCUT2D eigenvalue weighted by atomic mass is 10.0. The van der Waals surface area contributed by atoms with Crippen molar-refractivity contribution in [3.63, 3.8) is 0 Å². The fraction of sp³-hybridized carbons (Fsp3) is 0.278. The maximum atomic E-state index is 12.3. The van der Waals surface area contributed by atoms with Gasteiger partial charge in [-0.1, -0.05) is 24.3 Å². The standard InChI is InChI=1S/C18H18N2O4/c1-12(10-13-6-7-17-14(11-13)8-9-24-17)19-18(21)15-4-2-3-5-16(15)20(22)23/h2-7,11-12H,8-10H2,1H3,(H,19,21). The second-order valence-electron chi connectivity index (χ2n) is 5.89. The Morgan fingerprint density at radius 1 is 1.33 bits per heavy atom. The first-order chi connectivity index (χ1) is 11.5. The second kappa shape index (κ2) is 6.70. The van der Waals surface area contributed by atoms with Crippen molar-refractivity contribution < 1.29 is 14.5 Å². The lowest BCUT2D eigenvalue weighted by molar-refractivity contribution is -0.385. The predicted molar refractivity (Wildman–Crippen MR) is 89.4 cm³/mol. The lowest BCUT2D eigenvalue weighted by Gasteiger charge is -2.14. The smallest absolute Gasteiger partial charge is 0.282 e. The fourth-order valence-corrected chi connectivity index (χ4v) is 2.90. The summed E-state index contributed by atoms with van der Waals surface area (Å²) in [6.07, 6.45) is 1.56. The van der Waals surface area contributed by atoms with Gasteiger partial charge in [-0.15, -0.1) is 0 Å². The van der Waals surface area contributed by atoms with Gasteiger partial charge in [0.2, 0.25) is 0 Å². The van der Waals surface area contributed by atoms with Crippen molar-refractivity contribution in [1.29, 1.82) is 0 Å². The molecule has 6 nitrogen and oxygen atoms in total. The Bertz CT molecular complexity index is 788. The zero-order chi connectivity index (χ0) is 17.1. The quantitative estimate of drug-likeness (QED) is 0.676. The predicted octanol–water partition coefficient (Wildman–Crippen LogP) is 2.89. The van der Waals surface area contributed by atoms with E-state index in [-0.39, 0.29) is 17.3 Å². The van der Waals surface area contributed by atoms with Gasteiger partial charge in [0, 0.05) is 18.5 Å². The summed E-state index contributed by atoms with van der Waals surface area (Å²) < 4.78 is 5.48. The Hall–Kier alpha value is -2.89. The van der Waals surface area contributed by atoms with Gasteiger partial charge in [0.05, 0.1) is 11.5 Å². The molecule has 1 unspecified atom stereocenters. The molecule has 2 aromatic carbocycles. The monoisotopic (exact) mass is 326 g/mol. The van der Waals surface area contributed by atoms with Crippen LogP contribution in [-0.2, 0) is 12.8 Å². The number of rotatable bonds is 5. The van der Waals surface area contributed by atoms with Gasteiger partial charge in [-0.3, -0.25) is 14.9 Å². The molecular weight excluding hydrogens is 308 g/mol. The summed E-state index contributed by atoms with van der Waals surface area (Å²) >= 11 is 0. The molecule has 3 rings (SSSR count). The van der Waals surface area contributed by atoms with E-state index in [0.717, 1.165) is 17.7 Å². The number of hydrogen-bond acceptors (Lipinski definition) is 4. The molecule has 0 aliphatic carbocycles. The van der Waals surface area contributed by atoms with Gasteiger partial charge >= 0.3 is 0 Å². The van der Waals surface area contributed by atoms with Crippen LogP contribution in [0.5, 0.6) is 5.75 Å². The Morgan fingerprint density at radius 2 is 2.12 bits per heavy atom. The lowest BCUT2D eigenvalue weighted by Crippen LogP contribution is -2.34. The van der Waals surface area contributed by atoms with E-state index in [1.165, 1.54) is 17.7 Å². The third-order valence-electron chi connectivity index (χ3n) is 4.02. The molecule has 0 saturated heterocycles. The van der Waals surface area contributed by atoms with E-state index in [1.54, 1.807) is 12.1 Å². The van der Waals surface area contributed by atoms with Crippen LogP contribution in [0.3, 0.4) is 0 Å². The Labute approximate surface area is 139 Å². The Morgan fingerprint density at radius 3 is 2.92 bits per heavy atom. The van der Waals surface area contributed by atoms with Crippen LogP contribution in [0.2, 0.25) is 0 Å². The number of nitro benzene ring substituents is 1. The number of carbonyl (C=O) groups is 1. The summed E-state index contributed by atoms with van der Waals surface area (Å²) in [5.41, 5.74) is 2.19. The molecule has 24 heavy (non-hydrogen) atoms. The number of carbonyl (C=O) groups excluding carboxylic acids is 1. The highest BCUT2D eigenvalue weighted by molar-refractivity contribution is 5.98. The summed E-state index contributed by atoms with van der Waals surface area (Å²) in [6, 6.07) is 11.9. The molecule has 124 valence electrons. The third kappa shape index (κ3) is 3.37. The number of nitrogens with one attached hydrogen (secondary N) is 1. The summed E-state index contributed by atoms with van der Waals surface area (Å²) in [5, 5.41) is 13.9. The Balaban J connectivity index is 1.68. The average molecular weight is 326 g/mol. The van der Waals surface area contributed by atoms with Gasteiger partial charge < -0.3 is 10.1 Å². The molecule has 1 amide bonds. The molecule has 2 aromatic rings. The largest absolute Gasteiger partial charge is 0.493 e. The molecule has 1 aliphatic rings. The van der Waals surface area contributed by atoms with E-state index >= 15 is 0 Å². The van der Waals surface area contributed by atoms with Crippen molar-refractivity contribution in [3.8, 4) is 5.75 Å². The van der Waals surface area contributed by atoms with Crippen molar-refractivity contribution in [3.05, 3.63) is 69.3 Å². The molecule has 1 atom stereocenters. The first-order valence-electron chi connectivity index (χ1n) is 7.83. The highest BCUT2D eigenvalue weighted by Gasteiger charge is 2.20. The van der Waals surface area contributed by atoms with E-state index in [2.05, 4.69) is 11.4 Å². The zero-order valence-electron chi connectivity index (χ0n) is 13.3. The van der Waals surface area contributed by atoms with Crippen LogP contribution in [-0.4, -0.2) is 23.5 Å². The van der Waals surface area contributed by atoms with Gasteiger partial charge in [0.15, 0.2) is 0 Å². The zero-order valence-corrected chi connectivity index (χ0v) is 13.3. The van der Waals surface area contributed by atoms with Crippen LogP contribution >= 0.6 is 0 Å². The van der Waals surface area contributed by atoms with Gasteiger partial charge in [-0.2, -0.15) is 0 Å². The number of hydrogen-bond donors (Lipinski definition) is 1. The van der Waals surface area contributed by atoms with Crippen LogP contribution in [0.1, 0.15) is 28.4 Å². The third-order valence-corrected chi connectivity index (χ3v) is 4.02.